The van der Waals surface area contributed by atoms with Gasteiger partial charge in [-0.25, -0.2) is 0 Å². The second-order valence-corrected chi connectivity index (χ2v) is 6.88. The number of nitro groups is 1. The number of anilines is 1. The Labute approximate surface area is 141 Å². The molecule has 0 amide bonds. The Morgan fingerprint density at radius 3 is 2.57 bits per heavy atom. The van der Waals surface area contributed by atoms with E-state index < -0.39 is 4.92 Å². The molecule has 0 N–H and O–H groups in total. The van der Waals surface area contributed by atoms with E-state index in [4.69, 9.17) is 11.6 Å². The fourth-order valence-corrected chi connectivity index (χ4v) is 3.93. The third-order valence-corrected chi connectivity index (χ3v) is 5.22. The van der Waals surface area contributed by atoms with Crippen LogP contribution in [-0.2, 0) is 0 Å². The SMILES string of the molecule is CN1CCCC(N2CCN(c3ccc([N+](=O)[O-])cc3Cl)CC2)C1. The molecule has 0 aromatic heterocycles. The minimum Gasteiger partial charge on any atom is -0.368 e. The number of hydrogen-bond donors (Lipinski definition) is 0. The van der Waals surface area contributed by atoms with Gasteiger partial charge in [-0.15, -0.1) is 0 Å². The molecule has 6 nitrogen and oxygen atoms in total. The van der Waals surface area contributed by atoms with Gasteiger partial charge in [-0.2, -0.15) is 0 Å². The highest BCUT2D eigenvalue weighted by Crippen LogP contribution is 2.30. The van der Waals surface area contributed by atoms with Gasteiger partial charge in [0.1, 0.15) is 0 Å². The van der Waals surface area contributed by atoms with Gasteiger partial charge in [0.15, 0.2) is 0 Å². The fourth-order valence-electron chi connectivity index (χ4n) is 3.63. The number of rotatable bonds is 3. The van der Waals surface area contributed by atoms with Crippen molar-refractivity contribution in [1.82, 2.24) is 9.80 Å². The summed E-state index contributed by atoms with van der Waals surface area (Å²) in [6.45, 7) is 6.22. The number of non-ortho nitro benzene ring substituents is 1. The zero-order chi connectivity index (χ0) is 16.4. The summed E-state index contributed by atoms with van der Waals surface area (Å²) < 4.78 is 0. The summed E-state index contributed by atoms with van der Waals surface area (Å²) in [6.07, 6.45) is 2.55. The number of nitro benzene ring substituents is 1. The van der Waals surface area contributed by atoms with Gasteiger partial charge in [0.25, 0.3) is 5.69 Å². The molecule has 0 aliphatic carbocycles. The lowest BCUT2D eigenvalue weighted by Crippen LogP contribution is -2.54. The molecule has 0 radical (unpaired) electrons. The van der Waals surface area contributed by atoms with Crippen LogP contribution in [0.15, 0.2) is 18.2 Å². The van der Waals surface area contributed by atoms with Gasteiger partial charge in [-0.1, -0.05) is 11.6 Å². The highest BCUT2D eigenvalue weighted by Gasteiger charge is 2.27. The zero-order valence-corrected chi connectivity index (χ0v) is 14.2. The van der Waals surface area contributed by atoms with E-state index in [1.807, 2.05) is 0 Å². The lowest BCUT2D eigenvalue weighted by molar-refractivity contribution is -0.384. The van der Waals surface area contributed by atoms with E-state index in [0.717, 1.165) is 38.4 Å². The number of nitrogens with zero attached hydrogens (tertiary/aromatic N) is 4. The molecule has 2 heterocycles. The second-order valence-electron chi connectivity index (χ2n) is 6.47. The summed E-state index contributed by atoms with van der Waals surface area (Å²) >= 11 is 6.24. The lowest BCUT2D eigenvalue weighted by atomic mass is 10.0. The number of likely N-dealkylation sites (tertiary alicyclic amines) is 1. The van der Waals surface area contributed by atoms with Crippen LogP contribution >= 0.6 is 11.6 Å². The largest absolute Gasteiger partial charge is 0.368 e. The van der Waals surface area contributed by atoms with Crippen LogP contribution < -0.4 is 4.90 Å². The zero-order valence-electron chi connectivity index (χ0n) is 13.4. The third kappa shape index (κ3) is 3.76. The Hall–Kier alpha value is -1.37. The Morgan fingerprint density at radius 1 is 1.22 bits per heavy atom. The van der Waals surface area contributed by atoms with Gasteiger partial charge in [0.2, 0.25) is 0 Å². The van der Waals surface area contributed by atoms with Crippen LogP contribution in [0.5, 0.6) is 0 Å². The van der Waals surface area contributed by atoms with E-state index in [0.29, 0.717) is 11.1 Å². The minimum atomic E-state index is -0.410. The molecule has 0 saturated carbocycles. The maximum atomic E-state index is 10.8. The molecule has 2 aliphatic rings. The number of piperidine rings is 1. The molecule has 7 heteroatoms. The molecule has 1 unspecified atom stereocenters. The van der Waals surface area contributed by atoms with Crippen LogP contribution in [0.3, 0.4) is 0 Å². The first-order valence-corrected chi connectivity index (χ1v) is 8.54. The Balaban J connectivity index is 1.61. The molecule has 0 spiro atoms. The highest BCUT2D eigenvalue weighted by atomic mass is 35.5. The summed E-state index contributed by atoms with van der Waals surface area (Å²) in [5, 5.41) is 11.3. The Bertz CT molecular complexity index is 575. The minimum absolute atomic E-state index is 0.0441. The van der Waals surface area contributed by atoms with Gasteiger partial charge in [-0.3, -0.25) is 15.0 Å². The van der Waals surface area contributed by atoms with Crippen LogP contribution in [0, 0.1) is 10.1 Å². The summed E-state index contributed by atoms with van der Waals surface area (Å²) in [7, 11) is 2.19. The summed E-state index contributed by atoms with van der Waals surface area (Å²) in [5.74, 6) is 0. The predicted octanol–water partition coefficient (Wildman–Crippen LogP) is 2.46. The molecule has 1 atom stereocenters. The lowest BCUT2D eigenvalue weighted by Gasteiger charge is -2.43. The van der Waals surface area contributed by atoms with Crippen LogP contribution in [0.4, 0.5) is 11.4 Å². The number of hydrogen-bond acceptors (Lipinski definition) is 5. The average molecular weight is 339 g/mol. The van der Waals surface area contributed by atoms with Crippen molar-refractivity contribution in [3.05, 3.63) is 33.3 Å². The standard InChI is InChI=1S/C16H23ClN4O2/c1-18-6-2-3-14(12-18)19-7-9-20(10-8-19)16-5-4-13(21(22)23)11-15(16)17/h4-5,11,14H,2-3,6-10,12H2,1H3. The molecule has 0 bridgehead atoms. The van der Waals surface area contributed by atoms with Gasteiger partial charge < -0.3 is 9.80 Å². The molecule has 2 saturated heterocycles. The van der Waals surface area contributed by atoms with Crippen molar-refractivity contribution in [2.24, 2.45) is 0 Å². The van der Waals surface area contributed by atoms with Crippen molar-refractivity contribution in [3.8, 4) is 0 Å². The fraction of sp³-hybridized carbons (Fsp3) is 0.625. The van der Waals surface area contributed by atoms with E-state index in [1.165, 1.54) is 31.5 Å². The smallest absolute Gasteiger partial charge is 0.271 e. The number of halogens is 1. The molecule has 1 aromatic rings. The maximum absolute atomic E-state index is 10.8. The van der Waals surface area contributed by atoms with Gasteiger partial charge in [0, 0.05) is 50.9 Å². The Kier molecular flexibility index (Phi) is 5.04. The molecular formula is C16H23ClN4O2. The van der Waals surface area contributed by atoms with E-state index in [9.17, 15) is 10.1 Å². The molecule has 3 rings (SSSR count). The molecule has 23 heavy (non-hydrogen) atoms. The third-order valence-electron chi connectivity index (χ3n) is 4.91. The molecule has 2 fully saturated rings. The maximum Gasteiger partial charge on any atom is 0.271 e. The quantitative estimate of drug-likeness (QED) is 0.626. The van der Waals surface area contributed by atoms with Crippen LogP contribution in [0.2, 0.25) is 5.02 Å². The number of benzene rings is 1. The molecule has 2 aliphatic heterocycles. The second kappa shape index (κ2) is 7.03. The topological polar surface area (TPSA) is 52.9 Å². The predicted molar refractivity (Wildman–Crippen MR) is 92.4 cm³/mol. The molecular weight excluding hydrogens is 316 g/mol. The van der Waals surface area contributed by atoms with E-state index in [2.05, 4.69) is 21.7 Å². The van der Waals surface area contributed by atoms with E-state index in [1.54, 1.807) is 6.07 Å². The van der Waals surface area contributed by atoms with Crippen molar-refractivity contribution < 1.29 is 4.92 Å². The molecule has 126 valence electrons. The van der Waals surface area contributed by atoms with E-state index in [-0.39, 0.29) is 5.69 Å². The normalized spacial score (nSPS) is 23.9. The summed E-state index contributed by atoms with van der Waals surface area (Å²) in [6, 6.07) is 5.40. The first-order chi connectivity index (χ1) is 11.0. The highest BCUT2D eigenvalue weighted by molar-refractivity contribution is 6.33. The van der Waals surface area contributed by atoms with Crippen molar-refractivity contribution in [3.63, 3.8) is 0 Å². The summed E-state index contributed by atoms with van der Waals surface area (Å²) in [5.41, 5.74) is 0.945. The first kappa shape index (κ1) is 16.5. The van der Waals surface area contributed by atoms with Crippen LogP contribution in [-0.4, -0.2) is 67.1 Å². The first-order valence-electron chi connectivity index (χ1n) is 8.16. The number of piperazine rings is 1. The van der Waals surface area contributed by atoms with Gasteiger partial charge in [-0.05, 0) is 32.5 Å². The van der Waals surface area contributed by atoms with Crippen molar-refractivity contribution in [2.75, 3.05) is 51.2 Å². The Morgan fingerprint density at radius 2 is 1.96 bits per heavy atom. The van der Waals surface area contributed by atoms with Gasteiger partial charge >= 0.3 is 0 Å². The average Bonchev–Trinajstić information content (AvgIpc) is 2.55. The van der Waals surface area contributed by atoms with Crippen molar-refractivity contribution >= 4 is 23.0 Å². The van der Waals surface area contributed by atoms with Crippen LogP contribution in [0.1, 0.15) is 12.8 Å². The van der Waals surface area contributed by atoms with Crippen molar-refractivity contribution in [1.29, 1.82) is 0 Å². The monoisotopic (exact) mass is 338 g/mol. The van der Waals surface area contributed by atoms with Crippen molar-refractivity contribution in [2.45, 2.75) is 18.9 Å². The number of likely N-dealkylation sites (N-methyl/N-ethyl adjacent to an activating group) is 1. The molecule has 1 aromatic carbocycles. The van der Waals surface area contributed by atoms with Gasteiger partial charge in [0.05, 0.1) is 15.6 Å². The summed E-state index contributed by atoms with van der Waals surface area (Å²) in [4.78, 5) is 17.6. The van der Waals surface area contributed by atoms with E-state index >= 15 is 0 Å². The van der Waals surface area contributed by atoms with Crippen LogP contribution in [0.25, 0.3) is 0 Å².